The largest absolute Gasteiger partial charge is 0.495 e. The number of benzene rings is 4. The van der Waals surface area contributed by atoms with Crippen molar-refractivity contribution >= 4 is 29.2 Å². The first-order valence-electron chi connectivity index (χ1n) is 15.5. The minimum Gasteiger partial charge on any atom is -0.495 e. The molecular weight excluding hydrogens is 580 g/mol. The molecule has 0 bridgehead atoms. The average Bonchev–Trinajstić information content (AvgIpc) is 3.06. The van der Waals surface area contributed by atoms with E-state index in [9.17, 15) is 14.4 Å². The summed E-state index contributed by atoms with van der Waals surface area (Å²) in [4.78, 5) is 40.2. The number of esters is 1. The first kappa shape index (κ1) is 33.8. The van der Waals surface area contributed by atoms with E-state index in [1.165, 1.54) is 7.11 Å². The van der Waals surface area contributed by atoms with Gasteiger partial charge < -0.3 is 24.4 Å². The van der Waals surface area contributed by atoms with Gasteiger partial charge in [0.15, 0.2) is 0 Å². The zero-order valence-electron chi connectivity index (χ0n) is 27.2. The van der Waals surface area contributed by atoms with Crippen LogP contribution in [0.15, 0.2) is 84.9 Å². The number of aryl methyl sites for hydroxylation is 2. The quantitative estimate of drug-likeness (QED) is 0.113. The summed E-state index contributed by atoms with van der Waals surface area (Å²) in [5.41, 5.74) is 5.90. The van der Waals surface area contributed by atoms with Crippen LogP contribution < -0.4 is 19.7 Å². The van der Waals surface area contributed by atoms with E-state index in [1.54, 1.807) is 43.1 Å². The van der Waals surface area contributed by atoms with Crippen LogP contribution in [-0.4, -0.2) is 45.2 Å². The second-order valence-corrected chi connectivity index (χ2v) is 11.0. The van der Waals surface area contributed by atoms with Crippen molar-refractivity contribution in [2.24, 2.45) is 0 Å². The lowest BCUT2D eigenvalue weighted by Gasteiger charge is -2.22. The summed E-state index contributed by atoms with van der Waals surface area (Å²) in [5, 5.41) is 2.97. The summed E-state index contributed by atoms with van der Waals surface area (Å²) < 4.78 is 16.7. The van der Waals surface area contributed by atoms with Gasteiger partial charge >= 0.3 is 5.97 Å². The summed E-state index contributed by atoms with van der Waals surface area (Å²) in [7, 11) is 3.20. The minimum atomic E-state index is -0.282. The molecule has 46 heavy (non-hydrogen) atoms. The molecule has 0 unspecified atom stereocenters. The number of methoxy groups -OCH3 is 1. The Morgan fingerprint density at radius 3 is 2.28 bits per heavy atom. The minimum absolute atomic E-state index is 0.181. The molecule has 0 spiro atoms. The molecule has 0 aliphatic heterocycles. The Balaban J connectivity index is 1.46. The number of carbonyl (C=O) groups is 3. The highest BCUT2D eigenvalue weighted by Crippen LogP contribution is 2.33. The number of rotatable bonds is 14. The second kappa shape index (κ2) is 16.3. The third-order valence-corrected chi connectivity index (χ3v) is 7.67. The maximum atomic E-state index is 13.7. The lowest BCUT2D eigenvalue weighted by Crippen LogP contribution is -2.27. The number of nitrogens with zero attached hydrogens (tertiary/aromatic N) is 1. The molecule has 0 saturated heterocycles. The van der Waals surface area contributed by atoms with Gasteiger partial charge in [-0.05, 0) is 98.7 Å². The van der Waals surface area contributed by atoms with E-state index in [0.717, 1.165) is 41.5 Å². The zero-order valence-corrected chi connectivity index (χ0v) is 27.2. The van der Waals surface area contributed by atoms with Gasteiger partial charge in [0.2, 0.25) is 0 Å². The molecule has 0 aliphatic carbocycles. The molecular formula is C38H42N2O6. The molecule has 240 valence electrons. The molecule has 0 aliphatic rings. The number of anilines is 2. The number of unbranched alkanes of at least 4 members (excludes halogenated alkanes) is 2. The number of hydrogen-bond acceptors (Lipinski definition) is 6. The van der Waals surface area contributed by atoms with Crippen molar-refractivity contribution in [2.45, 2.75) is 46.5 Å². The molecule has 0 saturated carbocycles. The van der Waals surface area contributed by atoms with Crippen molar-refractivity contribution < 1.29 is 28.6 Å². The lowest BCUT2D eigenvalue weighted by molar-refractivity contribution is -0.143. The highest BCUT2D eigenvalue weighted by atomic mass is 16.5. The number of hydrogen-bond donors (Lipinski definition) is 1. The van der Waals surface area contributed by atoms with Crippen LogP contribution in [0.5, 0.6) is 11.5 Å². The summed E-state index contributed by atoms with van der Waals surface area (Å²) in [6.45, 7) is 6.63. The van der Waals surface area contributed by atoms with Crippen LogP contribution >= 0.6 is 0 Å². The lowest BCUT2D eigenvalue weighted by atomic mass is 9.95. The normalized spacial score (nSPS) is 10.6. The van der Waals surface area contributed by atoms with E-state index in [2.05, 4.69) is 5.32 Å². The molecule has 0 radical (unpaired) electrons. The van der Waals surface area contributed by atoms with Crippen molar-refractivity contribution in [1.29, 1.82) is 0 Å². The Labute approximate surface area is 271 Å². The summed E-state index contributed by atoms with van der Waals surface area (Å²) in [5.74, 6) is 0.244. The second-order valence-electron chi connectivity index (χ2n) is 11.0. The smallest absolute Gasteiger partial charge is 0.305 e. The van der Waals surface area contributed by atoms with Gasteiger partial charge in [0, 0.05) is 24.6 Å². The molecule has 4 aromatic carbocycles. The van der Waals surface area contributed by atoms with Crippen LogP contribution in [0.3, 0.4) is 0 Å². The molecule has 0 aromatic heterocycles. The maximum Gasteiger partial charge on any atom is 0.305 e. The molecule has 4 rings (SSSR count). The van der Waals surface area contributed by atoms with Gasteiger partial charge in [-0.3, -0.25) is 14.4 Å². The van der Waals surface area contributed by atoms with E-state index in [0.29, 0.717) is 53.6 Å². The van der Waals surface area contributed by atoms with E-state index in [4.69, 9.17) is 14.2 Å². The SMILES string of the molecule is CCOC(=O)CCCCCOc1cc(C)ccc1N(C)C(=O)c1ccc(NC(=O)c2ccccc2-c2ccccc2C)c(OC)c1. The van der Waals surface area contributed by atoms with Crippen molar-refractivity contribution in [1.82, 2.24) is 0 Å². The molecule has 0 fully saturated rings. The Hall–Kier alpha value is -5.11. The van der Waals surface area contributed by atoms with Crippen LogP contribution in [-0.2, 0) is 9.53 Å². The first-order valence-corrected chi connectivity index (χ1v) is 15.5. The molecule has 4 aromatic rings. The van der Waals surface area contributed by atoms with Crippen LogP contribution in [0.25, 0.3) is 11.1 Å². The zero-order chi connectivity index (χ0) is 33.1. The van der Waals surface area contributed by atoms with Gasteiger partial charge in [-0.15, -0.1) is 0 Å². The number of ether oxygens (including phenoxy) is 3. The fourth-order valence-electron chi connectivity index (χ4n) is 5.19. The highest BCUT2D eigenvalue weighted by molar-refractivity contribution is 6.10. The van der Waals surface area contributed by atoms with Crippen LogP contribution in [0.2, 0.25) is 0 Å². The number of carbonyl (C=O) groups excluding carboxylic acids is 3. The third kappa shape index (κ3) is 8.53. The Kier molecular flexibility index (Phi) is 11.9. The Bertz CT molecular complexity index is 1680. The molecule has 1 N–H and O–H groups in total. The van der Waals surface area contributed by atoms with E-state index >= 15 is 0 Å². The highest BCUT2D eigenvalue weighted by Gasteiger charge is 2.21. The molecule has 8 nitrogen and oxygen atoms in total. The van der Waals surface area contributed by atoms with Crippen LogP contribution in [0.4, 0.5) is 11.4 Å². The number of nitrogens with one attached hydrogen (secondary N) is 1. The predicted octanol–water partition coefficient (Wildman–Crippen LogP) is 8.01. The van der Waals surface area contributed by atoms with Crippen molar-refractivity contribution in [3.63, 3.8) is 0 Å². The molecule has 0 atom stereocenters. The van der Waals surface area contributed by atoms with Crippen molar-refractivity contribution in [3.05, 3.63) is 107 Å². The summed E-state index contributed by atoms with van der Waals surface area (Å²) >= 11 is 0. The third-order valence-electron chi connectivity index (χ3n) is 7.67. The van der Waals surface area contributed by atoms with E-state index < -0.39 is 0 Å². The Morgan fingerprint density at radius 2 is 1.54 bits per heavy atom. The molecule has 2 amide bonds. The standard InChI is InChI=1S/C38H42N2O6/c1-6-45-36(41)18-8-7-13-23-46-35-24-26(2)19-22-33(35)40(4)38(43)28-20-21-32(34(25-28)44-5)39-37(42)31-17-12-11-16-30(31)29-15-10-9-14-27(29)3/h9-12,14-17,19-22,24-25H,6-8,13,18,23H2,1-5H3,(H,39,42). The fraction of sp³-hybridized carbons (Fsp3) is 0.289. The van der Waals surface area contributed by atoms with Gasteiger partial charge in [0.1, 0.15) is 11.5 Å². The van der Waals surface area contributed by atoms with Gasteiger partial charge in [-0.25, -0.2) is 0 Å². The van der Waals surface area contributed by atoms with Gasteiger partial charge in [-0.1, -0.05) is 48.5 Å². The monoisotopic (exact) mass is 622 g/mol. The maximum absolute atomic E-state index is 13.7. The van der Waals surface area contributed by atoms with Crippen molar-refractivity contribution in [2.75, 3.05) is 37.6 Å². The Morgan fingerprint density at radius 1 is 0.804 bits per heavy atom. The topological polar surface area (TPSA) is 94.2 Å². The van der Waals surface area contributed by atoms with Gasteiger partial charge in [-0.2, -0.15) is 0 Å². The number of amides is 2. The van der Waals surface area contributed by atoms with Gasteiger partial charge in [0.25, 0.3) is 11.8 Å². The fourth-order valence-corrected chi connectivity index (χ4v) is 5.19. The molecule has 0 heterocycles. The molecule has 8 heteroatoms. The van der Waals surface area contributed by atoms with Crippen LogP contribution in [0, 0.1) is 13.8 Å². The van der Waals surface area contributed by atoms with Crippen molar-refractivity contribution in [3.8, 4) is 22.6 Å². The van der Waals surface area contributed by atoms with Crippen LogP contribution in [0.1, 0.15) is 64.4 Å². The van der Waals surface area contributed by atoms with Gasteiger partial charge in [0.05, 0.1) is 31.7 Å². The van der Waals surface area contributed by atoms with E-state index in [-0.39, 0.29) is 17.8 Å². The average molecular weight is 623 g/mol. The predicted molar refractivity (Wildman–Crippen MR) is 182 cm³/mol. The van der Waals surface area contributed by atoms with E-state index in [1.807, 2.05) is 74.5 Å². The summed E-state index contributed by atoms with van der Waals surface area (Å²) in [6.07, 6.45) is 2.73. The first-order chi connectivity index (χ1) is 22.2. The summed E-state index contributed by atoms with van der Waals surface area (Å²) in [6, 6.07) is 26.1.